The molecular weight excluding hydrogens is 221 g/mol. The molecule has 1 saturated heterocycles. The molecule has 3 rings (SSSR count). The second-order valence-electron chi connectivity index (χ2n) is 4.32. The Bertz CT molecular complexity index is 546. The minimum absolute atomic E-state index is 0.259. The number of aromatic nitrogens is 2. The van der Waals surface area contributed by atoms with E-state index in [0.717, 1.165) is 37.1 Å². The lowest BCUT2D eigenvalue weighted by Gasteiger charge is -2.24. The van der Waals surface area contributed by atoms with Crippen molar-refractivity contribution in [1.82, 2.24) is 9.55 Å². The molecule has 0 saturated carbocycles. The molecule has 0 atom stereocenters. The van der Waals surface area contributed by atoms with Crippen LogP contribution in [-0.4, -0.2) is 22.8 Å². The number of nitrogens with zero attached hydrogens (tertiary/aromatic N) is 2. The van der Waals surface area contributed by atoms with E-state index < -0.39 is 0 Å². The van der Waals surface area contributed by atoms with Crippen molar-refractivity contribution in [3.63, 3.8) is 0 Å². The molecule has 2 N–H and O–H groups in total. The zero-order valence-electron chi connectivity index (χ0n) is 9.40. The van der Waals surface area contributed by atoms with E-state index in [-0.39, 0.29) is 11.9 Å². The van der Waals surface area contributed by atoms with Crippen LogP contribution in [0.5, 0.6) is 0 Å². The number of rotatable bonds is 1. The predicted octanol–water partition coefficient (Wildman–Crippen LogP) is 2.11. The van der Waals surface area contributed by atoms with E-state index in [0.29, 0.717) is 5.95 Å². The van der Waals surface area contributed by atoms with Gasteiger partial charge < -0.3 is 15.0 Å². The molecule has 0 radical (unpaired) electrons. The number of halogens is 1. The fraction of sp³-hybridized carbons (Fsp3) is 0.417. The number of fused-ring (bicyclic) bond motifs is 1. The van der Waals surface area contributed by atoms with Gasteiger partial charge in [-0.15, -0.1) is 0 Å². The van der Waals surface area contributed by atoms with Gasteiger partial charge in [-0.2, -0.15) is 0 Å². The summed E-state index contributed by atoms with van der Waals surface area (Å²) in [6.45, 7) is 1.44. The highest BCUT2D eigenvalue weighted by Crippen LogP contribution is 2.29. The van der Waals surface area contributed by atoms with E-state index in [2.05, 4.69) is 4.98 Å². The number of nitrogen functional groups attached to an aromatic ring is 1. The van der Waals surface area contributed by atoms with Crippen molar-refractivity contribution in [2.45, 2.75) is 18.9 Å². The maximum atomic E-state index is 13.3. The first-order chi connectivity index (χ1) is 8.25. The number of nitrogens with two attached hydrogens (primary N) is 1. The largest absolute Gasteiger partial charge is 0.381 e. The summed E-state index contributed by atoms with van der Waals surface area (Å²) in [5.41, 5.74) is 7.44. The summed E-state index contributed by atoms with van der Waals surface area (Å²) in [5.74, 6) is 0.197. The van der Waals surface area contributed by atoms with Crippen molar-refractivity contribution in [3.05, 3.63) is 24.0 Å². The number of benzene rings is 1. The highest BCUT2D eigenvalue weighted by Gasteiger charge is 2.20. The van der Waals surface area contributed by atoms with Crippen molar-refractivity contribution < 1.29 is 9.13 Å². The summed E-state index contributed by atoms with van der Waals surface area (Å²) in [6, 6.07) is 4.82. The zero-order valence-corrected chi connectivity index (χ0v) is 9.40. The Hall–Kier alpha value is -1.62. The quantitative estimate of drug-likeness (QED) is 0.823. The van der Waals surface area contributed by atoms with Gasteiger partial charge in [-0.1, -0.05) is 0 Å². The molecule has 2 heterocycles. The van der Waals surface area contributed by atoms with Gasteiger partial charge in [0.25, 0.3) is 0 Å². The maximum absolute atomic E-state index is 13.3. The normalized spacial score (nSPS) is 17.7. The van der Waals surface area contributed by atoms with Gasteiger partial charge in [0.15, 0.2) is 0 Å². The number of imidazole rings is 1. The monoisotopic (exact) mass is 235 g/mol. The molecule has 1 aliphatic rings. The van der Waals surface area contributed by atoms with Crippen LogP contribution < -0.4 is 5.73 Å². The van der Waals surface area contributed by atoms with Crippen molar-refractivity contribution in [1.29, 1.82) is 0 Å². The van der Waals surface area contributed by atoms with Crippen LogP contribution in [-0.2, 0) is 4.74 Å². The predicted molar refractivity (Wildman–Crippen MR) is 63.2 cm³/mol. The lowest BCUT2D eigenvalue weighted by Crippen LogP contribution is -2.20. The van der Waals surface area contributed by atoms with Gasteiger partial charge in [-0.25, -0.2) is 9.37 Å². The molecule has 0 spiro atoms. The zero-order chi connectivity index (χ0) is 11.8. The first-order valence-electron chi connectivity index (χ1n) is 5.76. The number of hydrogen-bond acceptors (Lipinski definition) is 3. The number of hydrogen-bond donors (Lipinski definition) is 1. The average molecular weight is 235 g/mol. The molecule has 0 bridgehead atoms. The van der Waals surface area contributed by atoms with E-state index in [1.807, 2.05) is 4.57 Å². The molecule has 2 aromatic rings. The topological polar surface area (TPSA) is 53.1 Å². The molecule has 0 aliphatic carbocycles. The number of anilines is 1. The Kier molecular flexibility index (Phi) is 2.48. The second kappa shape index (κ2) is 4.00. The van der Waals surface area contributed by atoms with Crippen LogP contribution in [0.25, 0.3) is 11.0 Å². The van der Waals surface area contributed by atoms with Crippen LogP contribution in [0.4, 0.5) is 10.3 Å². The molecule has 4 nitrogen and oxygen atoms in total. The first-order valence-corrected chi connectivity index (χ1v) is 5.76. The molecule has 1 aromatic carbocycles. The molecule has 90 valence electrons. The Balaban J connectivity index is 2.13. The molecule has 1 aliphatic heterocycles. The second-order valence-corrected chi connectivity index (χ2v) is 4.32. The van der Waals surface area contributed by atoms with Gasteiger partial charge in [-0.05, 0) is 31.0 Å². The van der Waals surface area contributed by atoms with Crippen molar-refractivity contribution in [2.24, 2.45) is 0 Å². The fourth-order valence-electron chi connectivity index (χ4n) is 2.41. The fourth-order valence-corrected chi connectivity index (χ4v) is 2.41. The average Bonchev–Trinajstić information content (AvgIpc) is 2.65. The smallest absolute Gasteiger partial charge is 0.201 e. The summed E-state index contributed by atoms with van der Waals surface area (Å²) in [5, 5.41) is 0. The summed E-state index contributed by atoms with van der Waals surface area (Å²) in [6.07, 6.45) is 1.79. The molecule has 1 fully saturated rings. The molecule has 17 heavy (non-hydrogen) atoms. The van der Waals surface area contributed by atoms with Gasteiger partial charge in [0.1, 0.15) is 5.82 Å². The minimum Gasteiger partial charge on any atom is -0.381 e. The van der Waals surface area contributed by atoms with Crippen LogP contribution in [0.1, 0.15) is 18.9 Å². The van der Waals surface area contributed by atoms with Crippen LogP contribution in [0, 0.1) is 5.82 Å². The van der Waals surface area contributed by atoms with Gasteiger partial charge in [0, 0.05) is 19.3 Å². The highest BCUT2D eigenvalue weighted by molar-refractivity contribution is 5.78. The summed E-state index contributed by atoms with van der Waals surface area (Å²) < 4.78 is 20.5. The van der Waals surface area contributed by atoms with Crippen LogP contribution >= 0.6 is 0 Å². The third-order valence-electron chi connectivity index (χ3n) is 3.23. The van der Waals surface area contributed by atoms with Gasteiger partial charge in [-0.3, -0.25) is 0 Å². The third-order valence-corrected chi connectivity index (χ3v) is 3.23. The SMILES string of the molecule is Nc1nc2ccc(F)cc2n1C1CCOCC1. The van der Waals surface area contributed by atoms with Gasteiger partial charge in [0.2, 0.25) is 5.95 Å². The Morgan fingerprint density at radius 3 is 2.88 bits per heavy atom. The number of ether oxygens (including phenoxy) is 1. The van der Waals surface area contributed by atoms with Crippen molar-refractivity contribution >= 4 is 17.0 Å². The Labute approximate surface area is 98.2 Å². The molecule has 5 heteroatoms. The van der Waals surface area contributed by atoms with E-state index in [1.165, 1.54) is 12.1 Å². The van der Waals surface area contributed by atoms with Crippen molar-refractivity contribution in [3.8, 4) is 0 Å². The standard InChI is InChI=1S/C12H14FN3O/c13-8-1-2-10-11(7-8)16(12(14)15-10)9-3-5-17-6-4-9/h1-2,7,9H,3-6H2,(H2,14,15). The van der Waals surface area contributed by atoms with Gasteiger partial charge in [0.05, 0.1) is 11.0 Å². The van der Waals surface area contributed by atoms with E-state index in [4.69, 9.17) is 10.5 Å². The highest BCUT2D eigenvalue weighted by atomic mass is 19.1. The van der Waals surface area contributed by atoms with Crippen LogP contribution in [0.15, 0.2) is 18.2 Å². The minimum atomic E-state index is -0.259. The molecular formula is C12H14FN3O. The third kappa shape index (κ3) is 1.76. The van der Waals surface area contributed by atoms with Gasteiger partial charge >= 0.3 is 0 Å². The van der Waals surface area contributed by atoms with E-state index >= 15 is 0 Å². The van der Waals surface area contributed by atoms with E-state index in [9.17, 15) is 4.39 Å². The molecule has 1 aromatic heterocycles. The van der Waals surface area contributed by atoms with Crippen molar-refractivity contribution in [2.75, 3.05) is 18.9 Å². The lowest BCUT2D eigenvalue weighted by molar-refractivity contribution is 0.0711. The lowest BCUT2D eigenvalue weighted by atomic mass is 10.1. The molecule has 0 unspecified atom stereocenters. The Morgan fingerprint density at radius 2 is 2.12 bits per heavy atom. The maximum Gasteiger partial charge on any atom is 0.201 e. The van der Waals surface area contributed by atoms with Crippen LogP contribution in [0.3, 0.4) is 0 Å². The summed E-state index contributed by atoms with van der Waals surface area (Å²) in [4.78, 5) is 4.26. The summed E-state index contributed by atoms with van der Waals surface area (Å²) in [7, 11) is 0. The summed E-state index contributed by atoms with van der Waals surface area (Å²) >= 11 is 0. The van der Waals surface area contributed by atoms with E-state index in [1.54, 1.807) is 6.07 Å². The Morgan fingerprint density at radius 1 is 1.35 bits per heavy atom. The van der Waals surface area contributed by atoms with Crippen LogP contribution in [0.2, 0.25) is 0 Å². The first kappa shape index (κ1) is 10.5. The molecule has 0 amide bonds.